The van der Waals surface area contributed by atoms with Crippen LogP contribution < -0.4 is 5.56 Å². The van der Waals surface area contributed by atoms with Gasteiger partial charge in [0.25, 0.3) is 5.56 Å². The first-order chi connectivity index (χ1) is 7.75. The van der Waals surface area contributed by atoms with E-state index in [0.29, 0.717) is 12.0 Å². The number of H-pyrrole nitrogens is 2. The SMILES string of the molecule is O=c1[nH][nH]c2c1C(Cl)=Nc1ccccc1C2. The summed E-state index contributed by atoms with van der Waals surface area (Å²) >= 11 is 6.04. The van der Waals surface area contributed by atoms with Crippen LogP contribution in [-0.4, -0.2) is 15.4 Å². The molecule has 16 heavy (non-hydrogen) atoms. The average Bonchev–Trinajstić information content (AvgIpc) is 2.56. The highest BCUT2D eigenvalue weighted by Crippen LogP contribution is 2.27. The first-order valence-corrected chi connectivity index (χ1v) is 5.25. The van der Waals surface area contributed by atoms with Crippen LogP contribution in [0.4, 0.5) is 5.69 Å². The first-order valence-electron chi connectivity index (χ1n) is 4.87. The summed E-state index contributed by atoms with van der Waals surface area (Å²) < 4.78 is 0. The van der Waals surface area contributed by atoms with Crippen molar-refractivity contribution in [3.8, 4) is 0 Å². The van der Waals surface area contributed by atoms with Crippen LogP contribution in [0.3, 0.4) is 0 Å². The van der Waals surface area contributed by atoms with Crippen LogP contribution in [0, 0.1) is 0 Å². The van der Waals surface area contributed by atoms with Crippen molar-refractivity contribution in [3.05, 3.63) is 51.4 Å². The Hall–Kier alpha value is -1.81. The van der Waals surface area contributed by atoms with Crippen molar-refractivity contribution in [2.45, 2.75) is 6.42 Å². The Balaban J connectivity index is 2.30. The molecule has 4 nitrogen and oxygen atoms in total. The lowest BCUT2D eigenvalue weighted by molar-refractivity contribution is 0.983. The Morgan fingerprint density at radius 3 is 2.94 bits per heavy atom. The van der Waals surface area contributed by atoms with Gasteiger partial charge in [-0.3, -0.25) is 9.89 Å². The van der Waals surface area contributed by atoms with E-state index in [9.17, 15) is 4.79 Å². The van der Waals surface area contributed by atoms with Crippen LogP contribution >= 0.6 is 11.6 Å². The standard InChI is InChI=1S/C11H8ClN3O/c12-10-9-8(14-15-11(9)16)5-6-3-1-2-4-7(6)13-10/h1-4H,5H2,(H2,14,15,16). The summed E-state index contributed by atoms with van der Waals surface area (Å²) in [6.07, 6.45) is 0.629. The van der Waals surface area contributed by atoms with Crippen LogP contribution in [0.1, 0.15) is 16.8 Å². The monoisotopic (exact) mass is 233 g/mol. The molecule has 2 heterocycles. The molecule has 80 valence electrons. The van der Waals surface area contributed by atoms with Crippen molar-refractivity contribution < 1.29 is 0 Å². The third-order valence-corrected chi connectivity index (χ3v) is 2.91. The van der Waals surface area contributed by atoms with Gasteiger partial charge in [0.15, 0.2) is 0 Å². The predicted molar refractivity (Wildman–Crippen MR) is 62.7 cm³/mol. The van der Waals surface area contributed by atoms with Crippen molar-refractivity contribution in [2.24, 2.45) is 4.99 Å². The molecule has 3 rings (SSSR count). The molecule has 0 spiro atoms. The number of hydrogen-bond acceptors (Lipinski definition) is 2. The van der Waals surface area contributed by atoms with E-state index in [4.69, 9.17) is 11.6 Å². The molecule has 1 aliphatic heterocycles. The zero-order valence-corrected chi connectivity index (χ0v) is 9.01. The number of hydrogen-bond donors (Lipinski definition) is 2. The van der Waals surface area contributed by atoms with E-state index >= 15 is 0 Å². The second-order valence-corrected chi connectivity index (χ2v) is 4.00. The van der Waals surface area contributed by atoms with Gasteiger partial charge in [-0.2, -0.15) is 0 Å². The predicted octanol–water partition coefficient (Wildman–Crippen LogP) is 1.92. The number of para-hydroxylation sites is 1. The topological polar surface area (TPSA) is 61.0 Å². The van der Waals surface area contributed by atoms with Gasteiger partial charge < -0.3 is 5.10 Å². The minimum absolute atomic E-state index is 0.225. The van der Waals surface area contributed by atoms with Gasteiger partial charge in [0.05, 0.1) is 16.9 Å². The fourth-order valence-electron chi connectivity index (χ4n) is 1.87. The smallest absolute Gasteiger partial charge is 0.274 e. The molecule has 0 fully saturated rings. The zero-order chi connectivity index (χ0) is 11.1. The number of halogens is 1. The maximum absolute atomic E-state index is 11.5. The highest BCUT2D eigenvalue weighted by atomic mass is 35.5. The quantitative estimate of drug-likeness (QED) is 0.718. The van der Waals surface area contributed by atoms with Gasteiger partial charge in [-0.05, 0) is 11.6 Å². The summed E-state index contributed by atoms with van der Waals surface area (Å²) in [4.78, 5) is 15.8. The van der Waals surface area contributed by atoms with Crippen LogP contribution in [0.25, 0.3) is 0 Å². The number of benzene rings is 1. The Bertz CT molecular complexity index is 639. The van der Waals surface area contributed by atoms with Crippen molar-refractivity contribution in [2.75, 3.05) is 0 Å². The van der Waals surface area contributed by atoms with Crippen molar-refractivity contribution >= 4 is 22.5 Å². The van der Waals surface area contributed by atoms with Crippen molar-refractivity contribution in [1.82, 2.24) is 10.2 Å². The fraction of sp³-hybridized carbons (Fsp3) is 0.0909. The first kappa shape index (κ1) is 9.42. The van der Waals surface area contributed by atoms with E-state index < -0.39 is 0 Å². The van der Waals surface area contributed by atoms with E-state index in [1.165, 1.54) is 0 Å². The minimum Gasteiger partial charge on any atom is -0.301 e. The largest absolute Gasteiger partial charge is 0.301 e. The summed E-state index contributed by atoms with van der Waals surface area (Å²) in [5.74, 6) is 0. The Kier molecular flexibility index (Phi) is 1.97. The van der Waals surface area contributed by atoms with Gasteiger partial charge in [0, 0.05) is 6.42 Å². The maximum atomic E-state index is 11.5. The number of nitrogens with zero attached hydrogens (tertiary/aromatic N) is 1. The lowest BCUT2D eigenvalue weighted by Crippen LogP contribution is -2.09. The van der Waals surface area contributed by atoms with E-state index in [0.717, 1.165) is 16.9 Å². The maximum Gasteiger partial charge on any atom is 0.274 e. The number of rotatable bonds is 0. The molecule has 0 aliphatic carbocycles. The van der Waals surface area contributed by atoms with E-state index in [2.05, 4.69) is 15.2 Å². The molecule has 0 bridgehead atoms. The molecular formula is C11H8ClN3O. The molecule has 1 aromatic heterocycles. The van der Waals surface area contributed by atoms with Crippen LogP contribution in [0.2, 0.25) is 0 Å². The van der Waals surface area contributed by atoms with Gasteiger partial charge in [-0.1, -0.05) is 29.8 Å². The van der Waals surface area contributed by atoms with Crippen LogP contribution in [-0.2, 0) is 6.42 Å². The van der Waals surface area contributed by atoms with E-state index in [1.54, 1.807) is 0 Å². The third-order valence-electron chi connectivity index (χ3n) is 2.64. The van der Waals surface area contributed by atoms with Gasteiger partial charge >= 0.3 is 0 Å². The zero-order valence-electron chi connectivity index (χ0n) is 8.25. The van der Waals surface area contributed by atoms with Gasteiger partial charge in [0.1, 0.15) is 5.17 Å². The summed E-state index contributed by atoms with van der Waals surface area (Å²) in [7, 11) is 0. The molecule has 0 radical (unpaired) electrons. The number of fused-ring (bicyclic) bond motifs is 2. The molecule has 1 aromatic carbocycles. The molecule has 0 atom stereocenters. The number of aromatic amines is 2. The number of nitrogens with one attached hydrogen (secondary N) is 2. The Morgan fingerprint density at radius 2 is 2.06 bits per heavy atom. The lowest BCUT2D eigenvalue weighted by atomic mass is 10.1. The molecule has 0 amide bonds. The highest BCUT2D eigenvalue weighted by molar-refractivity contribution is 6.70. The second kappa shape index (κ2) is 3.35. The molecule has 2 aromatic rings. The molecule has 0 unspecified atom stereocenters. The number of aliphatic imine (C=N–C) groups is 1. The van der Waals surface area contributed by atoms with Gasteiger partial charge in [-0.25, -0.2) is 4.99 Å². The van der Waals surface area contributed by atoms with E-state index in [1.807, 2.05) is 24.3 Å². The molecule has 0 saturated heterocycles. The Labute approximate surface area is 96.0 Å². The summed E-state index contributed by atoms with van der Waals surface area (Å²) in [6.45, 7) is 0. The normalized spacial score (nSPS) is 13.7. The molecule has 2 N–H and O–H groups in total. The lowest BCUT2D eigenvalue weighted by Gasteiger charge is -2.00. The van der Waals surface area contributed by atoms with Crippen molar-refractivity contribution in [3.63, 3.8) is 0 Å². The fourth-order valence-corrected chi connectivity index (χ4v) is 2.16. The average molecular weight is 234 g/mol. The Morgan fingerprint density at radius 1 is 1.25 bits per heavy atom. The number of aromatic nitrogens is 2. The molecule has 0 saturated carbocycles. The molecule has 5 heteroatoms. The summed E-state index contributed by atoms with van der Waals surface area (Å²) in [5.41, 5.74) is 2.87. The van der Waals surface area contributed by atoms with Gasteiger partial charge in [0.2, 0.25) is 0 Å². The molecule has 1 aliphatic rings. The third kappa shape index (κ3) is 1.31. The highest BCUT2D eigenvalue weighted by Gasteiger charge is 2.19. The van der Waals surface area contributed by atoms with Crippen molar-refractivity contribution in [1.29, 1.82) is 0 Å². The van der Waals surface area contributed by atoms with E-state index in [-0.39, 0.29) is 10.7 Å². The minimum atomic E-state index is -0.225. The molecular weight excluding hydrogens is 226 g/mol. The second-order valence-electron chi connectivity index (χ2n) is 3.64. The van der Waals surface area contributed by atoms with Gasteiger partial charge in [-0.15, -0.1) is 0 Å². The van der Waals surface area contributed by atoms with Crippen LogP contribution in [0.15, 0.2) is 34.1 Å². The van der Waals surface area contributed by atoms with Crippen LogP contribution in [0.5, 0.6) is 0 Å². The summed E-state index contributed by atoms with van der Waals surface area (Å²) in [6, 6.07) is 7.70. The summed E-state index contributed by atoms with van der Waals surface area (Å²) in [5, 5.41) is 5.60.